The monoisotopic (exact) mass is 413 g/mol. The highest BCUT2D eigenvalue weighted by molar-refractivity contribution is 7.92. The quantitative estimate of drug-likeness (QED) is 0.719. The van der Waals surface area contributed by atoms with Gasteiger partial charge < -0.3 is 4.74 Å². The lowest BCUT2D eigenvalue weighted by Crippen LogP contribution is -2.27. The van der Waals surface area contributed by atoms with Crippen molar-refractivity contribution in [1.29, 1.82) is 0 Å². The predicted molar refractivity (Wildman–Crippen MR) is 90.0 cm³/mol. The van der Waals surface area contributed by atoms with Crippen LogP contribution in [0.1, 0.15) is 5.56 Å². The number of alkyl halides is 3. The number of hydrogen-bond donors (Lipinski definition) is 0. The number of benzene rings is 2. The van der Waals surface area contributed by atoms with Gasteiger partial charge in [-0.1, -0.05) is 23.2 Å². The molecule has 0 aliphatic heterocycles. The van der Waals surface area contributed by atoms with Crippen LogP contribution in [0.3, 0.4) is 0 Å². The van der Waals surface area contributed by atoms with E-state index in [1.54, 1.807) is 0 Å². The largest absolute Gasteiger partial charge is 0.495 e. The molecule has 0 spiro atoms. The molecule has 0 radical (unpaired) electrons. The molecule has 0 saturated carbocycles. The van der Waals surface area contributed by atoms with Crippen molar-refractivity contribution in [1.82, 2.24) is 0 Å². The van der Waals surface area contributed by atoms with E-state index in [9.17, 15) is 21.6 Å². The minimum atomic E-state index is -4.71. The van der Waals surface area contributed by atoms with Crippen LogP contribution in [0.4, 0.5) is 18.9 Å². The van der Waals surface area contributed by atoms with E-state index in [2.05, 4.69) is 0 Å². The number of halogens is 5. The second kappa shape index (κ2) is 6.93. The molecule has 0 amide bonds. The number of anilines is 1. The summed E-state index contributed by atoms with van der Waals surface area (Å²) in [6.07, 6.45) is -4.71. The van der Waals surface area contributed by atoms with Crippen molar-refractivity contribution in [3.05, 3.63) is 52.0 Å². The number of rotatable bonds is 4. The first-order chi connectivity index (χ1) is 11.5. The van der Waals surface area contributed by atoms with Crippen molar-refractivity contribution >= 4 is 38.9 Å². The summed E-state index contributed by atoms with van der Waals surface area (Å²) < 4.78 is 69.8. The third kappa shape index (κ3) is 3.96. The van der Waals surface area contributed by atoms with E-state index in [1.165, 1.54) is 25.3 Å². The molecule has 4 nitrogen and oxygen atoms in total. The van der Waals surface area contributed by atoms with Gasteiger partial charge in [-0.25, -0.2) is 8.42 Å². The van der Waals surface area contributed by atoms with Crippen LogP contribution in [0.15, 0.2) is 41.3 Å². The first kappa shape index (κ1) is 19.7. The van der Waals surface area contributed by atoms with Crippen molar-refractivity contribution in [2.75, 3.05) is 18.5 Å². The first-order valence-electron chi connectivity index (χ1n) is 6.67. The highest BCUT2D eigenvalue weighted by Gasteiger charge is 2.34. The van der Waals surface area contributed by atoms with Gasteiger partial charge >= 0.3 is 6.18 Å². The maximum atomic E-state index is 13.0. The third-order valence-electron chi connectivity index (χ3n) is 3.40. The standard InChI is InChI=1S/C15H12Cl2F3NO3S/c1-21(9-3-5-12(16)11(7-9)15(18,19)20)25(22,23)10-4-6-14(24-2)13(17)8-10/h3-8H,1-2H3. The fourth-order valence-electron chi connectivity index (χ4n) is 2.03. The van der Waals surface area contributed by atoms with Crippen LogP contribution in [0.2, 0.25) is 10.0 Å². The molecule has 0 atom stereocenters. The zero-order valence-corrected chi connectivity index (χ0v) is 15.3. The Hall–Kier alpha value is -1.64. The van der Waals surface area contributed by atoms with Gasteiger partial charge in [0.15, 0.2) is 0 Å². The van der Waals surface area contributed by atoms with Gasteiger partial charge in [0.05, 0.1) is 33.3 Å². The maximum Gasteiger partial charge on any atom is 0.417 e. The van der Waals surface area contributed by atoms with Crippen LogP contribution in [-0.2, 0) is 16.2 Å². The average molecular weight is 414 g/mol. The minimum Gasteiger partial charge on any atom is -0.495 e. The molecule has 136 valence electrons. The van der Waals surface area contributed by atoms with Crippen molar-refractivity contribution in [2.24, 2.45) is 0 Å². The Morgan fingerprint density at radius 2 is 1.68 bits per heavy atom. The summed E-state index contributed by atoms with van der Waals surface area (Å²) in [7, 11) is -1.63. The molecule has 0 fully saturated rings. The highest BCUT2D eigenvalue weighted by Crippen LogP contribution is 2.38. The van der Waals surface area contributed by atoms with E-state index in [-0.39, 0.29) is 21.4 Å². The Morgan fingerprint density at radius 1 is 1.04 bits per heavy atom. The summed E-state index contributed by atoms with van der Waals surface area (Å²) in [4.78, 5) is -0.190. The van der Waals surface area contributed by atoms with Gasteiger partial charge in [-0.15, -0.1) is 0 Å². The van der Waals surface area contributed by atoms with E-state index in [0.717, 1.165) is 23.5 Å². The van der Waals surface area contributed by atoms with Gasteiger partial charge in [0.2, 0.25) is 0 Å². The SMILES string of the molecule is COc1ccc(S(=O)(=O)N(C)c2ccc(Cl)c(C(F)(F)F)c2)cc1Cl. The van der Waals surface area contributed by atoms with E-state index >= 15 is 0 Å². The maximum absolute atomic E-state index is 13.0. The molecule has 0 aliphatic rings. The molecule has 2 rings (SSSR count). The molecular weight excluding hydrogens is 402 g/mol. The molecule has 0 unspecified atom stereocenters. The molecule has 2 aromatic rings. The Bertz CT molecular complexity index is 901. The zero-order chi connectivity index (χ0) is 19.0. The van der Waals surface area contributed by atoms with Crippen molar-refractivity contribution in [3.8, 4) is 5.75 Å². The van der Waals surface area contributed by atoms with Crippen LogP contribution in [0.25, 0.3) is 0 Å². The molecular formula is C15H12Cl2F3NO3S. The topological polar surface area (TPSA) is 46.6 Å². The second-order valence-electron chi connectivity index (χ2n) is 4.93. The van der Waals surface area contributed by atoms with Gasteiger partial charge in [0.1, 0.15) is 5.75 Å². The van der Waals surface area contributed by atoms with Gasteiger partial charge in [-0.05, 0) is 36.4 Å². The third-order valence-corrected chi connectivity index (χ3v) is 5.81. The zero-order valence-electron chi connectivity index (χ0n) is 12.9. The number of methoxy groups -OCH3 is 1. The summed E-state index contributed by atoms with van der Waals surface area (Å²) in [6, 6.07) is 6.61. The second-order valence-corrected chi connectivity index (χ2v) is 7.71. The number of sulfonamides is 1. The lowest BCUT2D eigenvalue weighted by molar-refractivity contribution is -0.137. The molecule has 0 aromatic heterocycles. The number of nitrogens with zero attached hydrogens (tertiary/aromatic N) is 1. The number of hydrogen-bond acceptors (Lipinski definition) is 3. The smallest absolute Gasteiger partial charge is 0.417 e. The molecule has 2 aromatic carbocycles. The van der Waals surface area contributed by atoms with Gasteiger partial charge in [0, 0.05) is 7.05 Å². The summed E-state index contributed by atoms with van der Waals surface area (Å²) in [5, 5.41) is -0.460. The van der Waals surface area contributed by atoms with Crippen molar-refractivity contribution in [3.63, 3.8) is 0 Å². The average Bonchev–Trinajstić information content (AvgIpc) is 2.53. The summed E-state index contributed by atoms with van der Waals surface area (Å²) in [5.41, 5.74) is -1.31. The summed E-state index contributed by atoms with van der Waals surface area (Å²) >= 11 is 11.5. The van der Waals surface area contributed by atoms with E-state index in [4.69, 9.17) is 27.9 Å². The molecule has 0 saturated heterocycles. The number of ether oxygens (including phenoxy) is 1. The Labute approximate surface area is 152 Å². The molecule has 10 heteroatoms. The van der Waals surface area contributed by atoms with Crippen LogP contribution in [0, 0.1) is 0 Å². The summed E-state index contributed by atoms with van der Waals surface area (Å²) in [6.45, 7) is 0. The molecule has 0 bridgehead atoms. The molecule has 0 aliphatic carbocycles. The Morgan fingerprint density at radius 3 is 2.20 bits per heavy atom. The van der Waals surface area contributed by atoms with Crippen LogP contribution >= 0.6 is 23.2 Å². The molecule has 25 heavy (non-hydrogen) atoms. The first-order valence-corrected chi connectivity index (χ1v) is 8.87. The van der Waals surface area contributed by atoms with Gasteiger partial charge in [-0.2, -0.15) is 13.2 Å². The summed E-state index contributed by atoms with van der Waals surface area (Å²) in [5.74, 6) is 0.272. The van der Waals surface area contributed by atoms with E-state index in [1.807, 2.05) is 0 Å². The van der Waals surface area contributed by atoms with Crippen LogP contribution < -0.4 is 9.04 Å². The Balaban J connectivity index is 2.49. The normalized spacial score (nSPS) is 12.1. The van der Waals surface area contributed by atoms with E-state index < -0.39 is 26.8 Å². The van der Waals surface area contributed by atoms with Gasteiger partial charge in [0.25, 0.3) is 10.0 Å². The fraction of sp³-hybridized carbons (Fsp3) is 0.200. The van der Waals surface area contributed by atoms with Crippen LogP contribution in [-0.4, -0.2) is 22.6 Å². The molecule has 0 heterocycles. The van der Waals surface area contributed by atoms with Gasteiger partial charge in [-0.3, -0.25) is 4.31 Å². The minimum absolute atomic E-state index is 0.0593. The highest BCUT2D eigenvalue weighted by atomic mass is 35.5. The lowest BCUT2D eigenvalue weighted by Gasteiger charge is -2.21. The van der Waals surface area contributed by atoms with E-state index in [0.29, 0.717) is 6.07 Å². The predicted octanol–water partition coefficient (Wildman–Crippen LogP) is 4.85. The van der Waals surface area contributed by atoms with Crippen molar-refractivity contribution < 1.29 is 26.3 Å². The van der Waals surface area contributed by atoms with Crippen LogP contribution in [0.5, 0.6) is 5.75 Å². The Kier molecular flexibility index (Phi) is 5.46. The molecule has 0 N–H and O–H groups in total. The van der Waals surface area contributed by atoms with Crippen molar-refractivity contribution in [2.45, 2.75) is 11.1 Å². The fourth-order valence-corrected chi connectivity index (χ4v) is 3.79. The lowest BCUT2D eigenvalue weighted by atomic mass is 10.2.